The van der Waals surface area contributed by atoms with Crippen molar-refractivity contribution in [3.8, 4) is 0 Å². The van der Waals surface area contributed by atoms with Crippen LogP contribution in [0.15, 0.2) is 5.38 Å². The molecule has 1 fully saturated rings. The minimum absolute atomic E-state index is 0.203. The number of esters is 1. The van der Waals surface area contributed by atoms with Gasteiger partial charge in [-0.3, -0.25) is 4.79 Å². The lowest BCUT2D eigenvalue weighted by atomic mass is 9.81. The van der Waals surface area contributed by atoms with Crippen LogP contribution >= 0.6 is 11.3 Å². The molecule has 4 nitrogen and oxygen atoms in total. The first-order chi connectivity index (χ1) is 10.2. The summed E-state index contributed by atoms with van der Waals surface area (Å²) in [5.74, 6) is 1.55. The molecule has 2 rings (SSSR count). The Kier molecular flexibility index (Phi) is 6.49. The zero-order valence-corrected chi connectivity index (χ0v) is 13.9. The third-order valence-corrected chi connectivity index (χ3v) is 4.91. The van der Waals surface area contributed by atoms with Gasteiger partial charge in [-0.15, -0.1) is 11.3 Å². The molecule has 1 aliphatic rings. The molecule has 118 valence electrons. The van der Waals surface area contributed by atoms with Crippen molar-refractivity contribution in [2.24, 2.45) is 11.8 Å². The predicted molar refractivity (Wildman–Crippen MR) is 86.7 cm³/mol. The second-order valence-electron chi connectivity index (χ2n) is 5.98. The van der Waals surface area contributed by atoms with Gasteiger partial charge in [0, 0.05) is 11.9 Å². The van der Waals surface area contributed by atoms with Gasteiger partial charge in [-0.2, -0.15) is 0 Å². The third kappa shape index (κ3) is 5.65. The van der Waals surface area contributed by atoms with E-state index >= 15 is 0 Å². The van der Waals surface area contributed by atoms with Crippen molar-refractivity contribution >= 4 is 22.4 Å². The van der Waals surface area contributed by atoms with Gasteiger partial charge in [0.2, 0.25) is 0 Å². The van der Waals surface area contributed by atoms with Crippen molar-refractivity contribution in [2.75, 3.05) is 18.5 Å². The standard InChI is InChI=1S/C16H26N2O2S/c1-3-20-15(19)10-14-11-21-16(18-14)17-8-7-13-6-4-5-12(2)9-13/h11-13H,3-10H2,1-2H3,(H,17,18). The third-order valence-electron chi connectivity index (χ3n) is 4.06. The number of anilines is 1. The molecule has 0 saturated heterocycles. The first kappa shape index (κ1) is 16.3. The molecule has 0 aromatic carbocycles. The number of thiazole rings is 1. The van der Waals surface area contributed by atoms with E-state index in [4.69, 9.17) is 4.74 Å². The molecule has 0 amide bonds. The quantitative estimate of drug-likeness (QED) is 0.777. The van der Waals surface area contributed by atoms with E-state index in [2.05, 4.69) is 17.2 Å². The number of hydrogen-bond acceptors (Lipinski definition) is 5. The fraction of sp³-hybridized carbons (Fsp3) is 0.750. The van der Waals surface area contributed by atoms with Crippen molar-refractivity contribution in [3.63, 3.8) is 0 Å². The van der Waals surface area contributed by atoms with Crippen molar-refractivity contribution in [1.29, 1.82) is 0 Å². The van der Waals surface area contributed by atoms with E-state index in [0.29, 0.717) is 6.61 Å². The van der Waals surface area contributed by atoms with Gasteiger partial charge in [0.1, 0.15) is 0 Å². The molecule has 1 aliphatic carbocycles. The normalized spacial score (nSPS) is 22.0. The SMILES string of the molecule is CCOC(=O)Cc1csc(NCCC2CCCC(C)C2)n1. The Morgan fingerprint density at radius 1 is 1.52 bits per heavy atom. The summed E-state index contributed by atoms with van der Waals surface area (Å²) in [7, 11) is 0. The van der Waals surface area contributed by atoms with Gasteiger partial charge < -0.3 is 10.1 Å². The molecule has 0 radical (unpaired) electrons. The van der Waals surface area contributed by atoms with Crippen LogP contribution in [-0.4, -0.2) is 24.1 Å². The van der Waals surface area contributed by atoms with Crippen molar-refractivity contribution in [1.82, 2.24) is 4.98 Å². The monoisotopic (exact) mass is 310 g/mol. The van der Waals surface area contributed by atoms with Crippen LogP contribution < -0.4 is 5.32 Å². The number of hydrogen-bond donors (Lipinski definition) is 1. The predicted octanol–water partition coefficient (Wildman–Crippen LogP) is 3.88. The number of aromatic nitrogens is 1. The van der Waals surface area contributed by atoms with Crippen LogP contribution in [0.4, 0.5) is 5.13 Å². The largest absolute Gasteiger partial charge is 0.466 e. The van der Waals surface area contributed by atoms with Crippen molar-refractivity contribution < 1.29 is 9.53 Å². The van der Waals surface area contributed by atoms with E-state index in [1.54, 1.807) is 11.3 Å². The second kappa shape index (κ2) is 8.37. The number of ether oxygens (including phenoxy) is 1. The highest BCUT2D eigenvalue weighted by atomic mass is 32.1. The Bertz CT molecular complexity index is 447. The summed E-state index contributed by atoms with van der Waals surface area (Å²) in [4.78, 5) is 15.8. The van der Waals surface area contributed by atoms with E-state index in [0.717, 1.165) is 29.2 Å². The number of nitrogens with zero attached hydrogens (tertiary/aromatic N) is 1. The van der Waals surface area contributed by atoms with Crippen LogP contribution in [0, 0.1) is 11.8 Å². The summed E-state index contributed by atoms with van der Waals surface area (Å²) in [6.07, 6.45) is 7.01. The molecular formula is C16H26N2O2S. The maximum absolute atomic E-state index is 11.4. The Morgan fingerprint density at radius 3 is 3.14 bits per heavy atom. The zero-order chi connectivity index (χ0) is 15.1. The molecule has 0 aliphatic heterocycles. The molecule has 1 heterocycles. The van der Waals surface area contributed by atoms with E-state index < -0.39 is 0 Å². The van der Waals surface area contributed by atoms with E-state index in [-0.39, 0.29) is 12.4 Å². The van der Waals surface area contributed by atoms with Crippen LogP contribution in [0.3, 0.4) is 0 Å². The molecule has 1 saturated carbocycles. The first-order valence-electron chi connectivity index (χ1n) is 8.01. The Labute approximate surface area is 131 Å². The fourth-order valence-electron chi connectivity index (χ4n) is 3.03. The number of carbonyl (C=O) groups is 1. The smallest absolute Gasteiger partial charge is 0.311 e. The van der Waals surface area contributed by atoms with E-state index in [1.807, 2.05) is 12.3 Å². The fourth-order valence-corrected chi connectivity index (χ4v) is 3.77. The Morgan fingerprint density at radius 2 is 2.38 bits per heavy atom. The van der Waals surface area contributed by atoms with Crippen molar-refractivity contribution in [2.45, 2.75) is 52.4 Å². The maximum Gasteiger partial charge on any atom is 0.311 e. The highest BCUT2D eigenvalue weighted by Gasteiger charge is 2.18. The zero-order valence-electron chi connectivity index (χ0n) is 13.1. The van der Waals surface area contributed by atoms with Crippen LogP contribution in [0.2, 0.25) is 0 Å². The average molecular weight is 310 g/mol. The second-order valence-corrected chi connectivity index (χ2v) is 6.84. The maximum atomic E-state index is 11.4. The van der Waals surface area contributed by atoms with Crippen LogP contribution in [0.5, 0.6) is 0 Å². The number of carbonyl (C=O) groups excluding carboxylic acids is 1. The van der Waals surface area contributed by atoms with E-state index in [1.165, 1.54) is 32.1 Å². The molecule has 1 aromatic rings. The molecule has 0 spiro atoms. The summed E-state index contributed by atoms with van der Waals surface area (Å²) in [6, 6.07) is 0. The first-order valence-corrected chi connectivity index (χ1v) is 8.89. The molecular weight excluding hydrogens is 284 g/mol. The number of nitrogens with one attached hydrogen (secondary N) is 1. The highest BCUT2D eigenvalue weighted by molar-refractivity contribution is 7.13. The van der Waals surface area contributed by atoms with E-state index in [9.17, 15) is 4.79 Å². The highest BCUT2D eigenvalue weighted by Crippen LogP contribution is 2.30. The lowest BCUT2D eigenvalue weighted by molar-refractivity contribution is -0.142. The van der Waals surface area contributed by atoms with Gasteiger partial charge >= 0.3 is 5.97 Å². The molecule has 2 unspecified atom stereocenters. The van der Waals surface area contributed by atoms with Crippen LogP contribution in [0.25, 0.3) is 0 Å². The molecule has 5 heteroatoms. The molecule has 1 aromatic heterocycles. The lowest BCUT2D eigenvalue weighted by Gasteiger charge is -2.26. The van der Waals surface area contributed by atoms with Gasteiger partial charge in [-0.05, 0) is 31.6 Å². The average Bonchev–Trinajstić information content (AvgIpc) is 2.86. The molecule has 21 heavy (non-hydrogen) atoms. The minimum Gasteiger partial charge on any atom is -0.466 e. The van der Waals surface area contributed by atoms with Gasteiger partial charge in [-0.25, -0.2) is 4.98 Å². The van der Waals surface area contributed by atoms with Gasteiger partial charge in [-0.1, -0.05) is 26.2 Å². The molecule has 1 N–H and O–H groups in total. The topological polar surface area (TPSA) is 51.2 Å². The minimum atomic E-state index is -0.203. The summed E-state index contributed by atoms with van der Waals surface area (Å²) in [5.41, 5.74) is 0.798. The molecule has 0 bridgehead atoms. The molecule has 2 atom stereocenters. The number of rotatable bonds is 7. The van der Waals surface area contributed by atoms with Crippen LogP contribution in [0.1, 0.15) is 51.6 Å². The lowest BCUT2D eigenvalue weighted by Crippen LogP contribution is -2.16. The summed E-state index contributed by atoms with van der Waals surface area (Å²) < 4.78 is 4.93. The van der Waals surface area contributed by atoms with Crippen LogP contribution in [-0.2, 0) is 16.0 Å². The van der Waals surface area contributed by atoms with Gasteiger partial charge in [0.15, 0.2) is 5.13 Å². The Hall–Kier alpha value is -1.10. The van der Waals surface area contributed by atoms with Gasteiger partial charge in [0.05, 0.1) is 18.7 Å². The van der Waals surface area contributed by atoms with Crippen molar-refractivity contribution in [3.05, 3.63) is 11.1 Å². The van der Waals surface area contributed by atoms with Gasteiger partial charge in [0.25, 0.3) is 0 Å². The Balaban J connectivity index is 1.69. The summed E-state index contributed by atoms with van der Waals surface area (Å²) in [6.45, 7) is 5.58. The summed E-state index contributed by atoms with van der Waals surface area (Å²) >= 11 is 1.57. The summed E-state index contributed by atoms with van der Waals surface area (Å²) in [5, 5.41) is 6.24.